The lowest BCUT2D eigenvalue weighted by Crippen LogP contribution is -2.66. The zero-order valence-electron chi connectivity index (χ0n) is 15.7. The minimum absolute atomic E-state index is 0.0471. The van der Waals surface area contributed by atoms with E-state index in [-0.39, 0.29) is 35.1 Å². The highest BCUT2D eigenvalue weighted by molar-refractivity contribution is 5.80. The van der Waals surface area contributed by atoms with E-state index >= 15 is 0 Å². The van der Waals surface area contributed by atoms with E-state index in [1.54, 1.807) is 6.92 Å². The first kappa shape index (κ1) is 17.7. The maximum absolute atomic E-state index is 12.2. The van der Waals surface area contributed by atoms with Crippen molar-refractivity contribution in [2.24, 2.45) is 28.6 Å². The summed E-state index contributed by atoms with van der Waals surface area (Å²) >= 11 is 0. The smallest absolute Gasteiger partial charge is 0.133 e. The molecule has 8 atom stereocenters. The van der Waals surface area contributed by atoms with Crippen LogP contribution in [0.3, 0.4) is 0 Å². The van der Waals surface area contributed by atoms with Crippen LogP contribution in [0.1, 0.15) is 65.7 Å². The van der Waals surface area contributed by atoms with E-state index in [1.807, 2.05) is 13.0 Å². The van der Waals surface area contributed by atoms with Crippen molar-refractivity contribution in [3.8, 4) is 0 Å². The van der Waals surface area contributed by atoms with Crippen LogP contribution in [-0.4, -0.2) is 38.9 Å². The van der Waals surface area contributed by atoms with Gasteiger partial charge in [-0.15, -0.1) is 0 Å². The number of ketones is 1. The molecule has 0 aromatic rings. The summed E-state index contributed by atoms with van der Waals surface area (Å²) in [6.45, 7) is 5.81. The zero-order valence-corrected chi connectivity index (χ0v) is 15.7. The van der Waals surface area contributed by atoms with Crippen LogP contribution >= 0.6 is 0 Å². The van der Waals surface area contributed by atoms with Gasteiger partial charge in [-0.3, -0.25) is 4.79 Å². The van der Waals surface area contributed by atoms with Crippen molar-refractivity contribution >= 4 is 5.78 Å². The first-order valence-corrected chi connectivity index (χ1v) is 9.94. The van der Waals surface area contributed by atoms with E-state index in [4.69, 9.17) is 0 Å². The summed E-state index contributed by atoms with van der Waals surface area (Å²) in [5.74, 6) is 0.201. The lowest BCUT2D eigenvalue weighted by atomic mass is 9.44. The Kier molecular flexibility index (Phi) is 3.82. The Bertz CT molecular complexity index is 627. The monoisotopic (exact) mass is 348 g/mol. The summed E-state index contributed by atoms with van der Waals surface area (Å²) in [7, 11) is 0. The third-order valence-electron chi connectivity index (χ3n) is 8.86. The number of Topliss-reactive ketones (excluding diaryl/α,β-unsaturated/α-hetero) is 1. The van der Waals surface area contributed by atoms with Crippen molar-refractivity contribution in [3.05, 3.63) is 11.6 Å². The quantitative estimate of drug-likeness (QED) is 0.637. The van der Waals surface area contributed by atoms with Gasteiger partial charge in [-0.2, -0.15) is 0 Å². The molecule has 0 spiro atoms. The van der Waals surface area contributed by atoms with Crippen molar-refractivity contribution < 1.29 is 20.1 Å². The van der Waals surface area contributed by atoms with Crippen molar-refractivity contribution in [2.45, 2.75) is 83.5 Å². The van der Waals surface area contributed by atoms with E-state index < -0.39 is 17.1 Å². The van der Waals surface area contributed by atoms with Crippen LogP contribution in [0.4, 0.5) is 0 Å². The third-order valence-corrected chi connectivity index (χ3v) is 8.86. The Hall–Kier alpha value is -0.710. The van der Waals surface area contributed by atoms with E-state index in [0.29, 0.717) is 19.3 Å². The van der Waals surface area contributed by atoms with Crippen LogP contribution in [-0.2, 0) is 4.79 Å². The molecular formula is C21H32O4. The van der Waals surface area contributed by atoms with Gasteiger partial charge >= 0.3 is 0 Å². The standard InChI is InChI=1S/C21H32O4/c1-12(22)15-7-9-21(25)16-5-4-13-10-14(23)6-8-19(13,2)17(16)11-18(24)20(15,21)3/h10,14-18,23-25H,4-9,11H2,1-3H3/t14-,15-,16+,17-,18+,19-,20-,21-/m0/s1. The lowest BCUT2D eigenvalue weighted by molar-refractivity contribution is -0.227. The maximum atomic E-state index is 12.2. The Morgan fingerprint density at radius 2 is 1.84 bits per heavy atom. The molecule has 3 saturated carbocycles. The van der Waals surface area contributed by atoms with Crippen LogP contribution in [0.5, 0.6) is 0 Å². The van der Waals surface area contributed by atoms with E-state index in [2.05, 4.69) is 6.92 Å². The first-order chi connectivity index (χ1) is 11.6. The predicted octanol–water partition coefficient (Wildman–Crippen LogP) is 2.60. The number of aliphatic hydroxyl groups is 3. The molecule has 140 valence electrons. The number of carbonyl (C=O) groups is 1. The molecule has 4 heteroatoms. The summed E-state index contributed by atoms with van der Waals surface area (Å²) < 4.78 is 0. The van der Waals surface area contributed by atoms with Crippen LogP contribution in [0, 0.1) is 28.6 Å². The van der Waals surface area contributed by atoms with Gasteiger partial charge in [0.25, 0.3) is 0 Å². The van der Waals surface area contributed by atoms with Gasteiger partial charge < -0.3 is 15.3 Å². The highest BCUT2D eigenvalue weighted by Crippen LogP contribution is 2.68. The molecule has 0 saturated heterocycles. The summed E-state index contributed by atoms with van der Waals surface area (Å²) in [6, 6.07) is 0. The number of hydrogen-bond acceptors (Lipinski definition) is 4. The Balaban J connectivity index is 1.77. The molecule has 0 amide bonds. The Morgan fingerprint density at radius 3 is 2.52 bits per heavy atom. The van der Waals surface area contributed by atoms with Crippen molar-refractivity contribution in [3.63, 3.8) is 0 Å². The van der Waals surface area contributed by atoms with Crippen LogP contribution in [0.2, 0.25) is 0 Å². The number of aliphatic hydroxyl groups excluding tert-OH is 2. The minimum Gasteiger partial charge on any atom is -0.392 e. The largest absolute Gasteiger partial charge is 0.392 e. The fraction of sp³-hybridized carbons (Fsp3) is 0.857. The van der Waals surface area contributed by atoms with E-state index in [9.17, 15) is 20.1 Å². The maximum Gasteiger partial charge on any atom is 0.133 e. The lowest BCUT2D eigenvalue weighted by Gasteiger charge is -2.63. The fourth-order valence-corrected chi connectivity index (χ4v) is 7.31. The highest BCUT2D eigenvalue weighted by Gasteiger charge is 2.70. The SMILES string of the molecule is CC(=O)[C@@H]1CC[C@]2(O)[C@@H]3CCC4=C[C@@H](O)CC[C@]4(C)[C@H]3C[C@@H](O)[C@]12C. The van der Waals surface area contributed by atoms with Crippen LogP contribution in [0.25, 0.3) is 0 Å². The number of allylic oxidation sites excluding steroid dienone is 1. The fourth-order valence-electron chi connectivity index (χ4n) is 7.31. The molecule has 25 heavy (non-hydrogen) atoms. The molecule has 0 heterocycles. The van der Waals surface area contributed by atoms with Gasteiger partial charge in [-0.1, -0.05) is 25.5 Å². The predicted molar refractivity (Wildman–Crippen MR) is 94.7 cm³/mol. The molecule has 0 unspecified atom stereocenters. The Labute approximate surface area is 150 Å². The van der Waals surface area contributed by atoms with Crippen molar-refractivity contribution in [2.75, 3.05) is 0 Å². The molecule has 3 N–H and O–H groups in total. The van der Waals surface area contributed by atoms with Gasteiger partial charge in [-0.05, 0) is 69.1 Å². The van der Waals surface area contributed by atoms with E-state index in [0.717, 1.165) is 25.7 Å². The molecule has 0 bridgehead atoms. The van der Waals surface area contributed by atoms with Gasteiger partial charge in [0.2, 0.25) is 0 Å². The van der Waals surface area contributed by atoms with Crippen molar-refractivity contribution in [1.29, 1.82) is 0 Å². The summed E-state index contributed by atoms with van der Waals surface area (Å²) in [6.07, 6.45) is 6.43. The zero-order chi connectivity index (χ0) is 18.2. The van der Waals surface area contributed by atoms with Gasteiger partial charge in [0.05, 0.1) is 17.8 Å². The second-order valence-corrected chi connectivity index (χ2v) is 9.63. The number of carbonyl (C=O) groups excluding carboxylic acids is 1. The number of fused-ring (bicyclic) bond motifs is 5. The molecular weight excluding hydrogens is 316 g/mol. The molecule has 4 rings (SSSR count). The van der Waals surface area contributed by atoms with Gasteiger partial charge in [0, 0.05) is 11.3 Å². The second kappa shape index (κ2) is 5.40. The molecule has 3 fully saturated rings. The summed E-state index contributed by atoms with van der Waals surface area (Å²) in [5, 5.41) is 33.0. The normalized spacial score (nSPS) is 55.0. The molecule has 4 aliphatic carbocycles. The number of rotatable bonds is 1. The third kappa shape index (κ3) is 2.08. The first-order valence-electron chi connectivity index (χ1n) is 9.94. The molecule has 0 aromatic heterocycles. The van der Waals surface area contributed by atoms with Gasteiger partial charge in [0.15, 0.2) is 0 Å². The second-order valence-electron chi connectivity index (χ2n) is 9.63. The molecule has 4 aliphatic rings. The average molecular weight is 348 g/mol. The molecule has 0 radical (unpaired) electrons. The van der Waals surface area contributed by atoms with Crippen LogP contribution < -0.4 is 0 Å². The highest BCUT2D eigenvalue weighted by atomic mass is 16.3. The average Bonchev–Trinajstić information content (AvgIpc) is 2.83. The summed E-state index contributed by atoms with van der Waals surface area (Å²) in [5.41, 5.74) is -0.427. The number of hydrogen-bond donors (Lipinski definition) is 3. The Morgan fingerprint density at radius 1 is 1.12 bits per heavy atom. The topological polar surface area (TPSA) is 77.8 Å². The van der Waals surface area contributed by atoms with Gasteiger partial charge in [-0.25, -0.2) is 0 Å². The molecule has 0 aromatic carbocycles. The minimum atomic E-state index is -0.962. The van der Waals surface area contributed by atoms with Crippen molar-refractivity contribution in [1.82, 2.24) is 0 Å². The molecule has 4 nitrogen and oxygen atoms in total. The molecule has 0 aliphatic heterocycles. The summed E-state index contributed by atoms with van der Waals surface area (Å²) in [4.78, 5) is 12.2. The van der Waals surface area contributed by atoms with E-state index in [1.165, 1.54) is 5.57 Å². The van der Waals surface area contributed by atoms with Crippen LogP contribution in [0.15, 0.2) is 11.6 Å². The van der Waals surface area contributed by atoms with Gasteiger partial charge in [0.1, 0.15) is 5.78 Å².